The highest BCUT2D eigenvalue weighted by Crippen LogP contribution is 2.34. The van der Waals surface area contributed by atoms with Crippen LogP contribution in [0.5, 0.6) is 0 Å². The molecule has 0 aliphatic carbocycles. The van der Waals surface area contributed by atoms with Gasteiger partial charge in [-0.2, -0.15) is 0 Å². The number of nitrogens with one attached hydrogen (secondary N) is 1. The summed E-state index contributed by atoms with van der Waals surface area (Å²) in [5.41, 5.74) is 5.18. The zero-order chi connectivity index (χ0) is 23.5. The van der Waals surface area contributed by atoms with Gasteiger partial charge >= 0.3 is 0 Å². The maximum atomic E-state index is 13.0. The lowest BCUT2D eigenvalue weighted by atomic mass is 9.99. The van der Waals surface area contributed by atoms with Crippen LogP contribution in [0.15, 0.2) is 109 Å². The van der Waals surface area contributed by atoms with Crippen molar-refractivity contribution in [1.82, 2.24) is 9.97 Å². The van der Waals surface area contributed by atoms with Crippen LogP contribution in [-0.2, 0) is 0 Å². The Bertz CT molecular complexity index is 1470. The second kappa shape index (κ2) is 8.96. The summed E-state index contributed by atoms with van der Waals surface area (Å²) in [6.07, 6.45) is 0. The first-order chi connectivity index (χ1) is 16.6. The molecule has 0 spiro atoms. The van der Waals surface area contributed by atoms with Crippen molar-refractivity contribution in [3.8, 4) is 33.9 Å². The van der Waals surface area contributed by atoms with Gasteiger partial charge in [-0.1, -0.05) is 78.9 Å². The van der Waals surface area contributed by atoms with Gasteiger partial charge in [0.2, 0.25) is 0 Å². The largest absolute Gasteiger partial charge is 0.337 e. The number of carbonyl (C=O) groups excluding carboxylic acids is 1. The molecule has 4 aromatic carbocycles. The molecular formula is C28H19N3O3. The number of aromatic amines is 1. The standard InChI is InChI=1S/C28H19N3O3/c32-27(20-10-5-2-6-11-20)23-13-7-12-22(18-23)26-25(19-8-3-1-4-9-19)29-28(30-26)21-14-16-24(17-15-21)31(33)34/h1-18H,(H,29,30). The van der Waals surface area contributed by atoms with Crippen LogP contribution in [0.4, 0.5) is 5.69 Å². The summed E-state index contributed by atoms with van der Waals surface area (Å²) in [4.78, 5) is 31.8. The van der Waals surface area contributed by atoms with Gasteiger partial charge in [0.05, 0.1) is 16.3 Å². The fourth-order valence-electron chi connectivity index (χ4n) is 3.84. The zero-order valence-corrected chi connectivity index (χ0v) is 18.0. The minimum absolute atomic E-state index is 0.0194. The molecule has 0 radical (unpaired) electrons. The van der Waals surface area contributed by atoms with Crippen LogP contribution < -0.4 is 0 Å². The fourth-order valence-corrected chi connectivity index (χ4v) is 3.84. The molecule has 5 rings (SSSR count). The van der Waals surface area contributed by atoms with E-state index in [0.717, 1.165) is 22.4 Å². The summed E-state index contributed by atoms with van der Waals surface area (Å²) in [7, 11) is 0. The molecule has 0 aliphatic rings. The SMILES string of the molecule is O=C(c1ccccc1)c1cccc(-c2nc(-c3ccc([N+](=O)[O-])cc3)[nH]c2-c2ccccc2)c1. The number of nitro benzene ring substituents is 1. The van der Waals surface area contributed by atoms with Crippen LogP contribution in [0, 0.1) is 10.1 Å². The number of nitrogens with zero attached hydrogens (tertiary/aromatic N) is 2. The molecule has 0 atom stereocenters. The van der Waals surface area contributed by atoms with E-state index in [-0.39, 0.29) is 11.5 Å². The van der Waals surface area contributed by atoms with Gasteiger partial charge in [-0.3, -0.25) is 14.9 Å². The van der Waals surface area contributed by atoms with Crippen molar-refractivity contribution in [2.24, 2.45) is 0 Å². The van der Waals surface area contributed by atoms with Crippen molar-refractivity contribution in [1.29, 1.82) is 0 Å². The number of hydrogen-bond acceptors (Lipinski definition) is 4. The summed E-state index contributed by atoms with van der Waals surface area (Å²) < 4.78 is 0. The third-order valence-corrected chi connectivity index (χ3v) is 5.55. The molecule has 6 heteroatoms. The van der Waals surface area contributed by atoms with E-state index in [9.17, 15) is 14.9 Å². The number of imidazole rings is 1. The smallest absolute Gasteiger partial charge is 0.269 e. The Hall–Kier alpha value is -4.84. The first-order valence-corrected chi connectivity index (χ1v) is 10.7. The molecule has 0 bridgehead atoms. The quantitative estimate of drug-likeness (QED) is 0.182. The van der Waals surface area contributed by atoms with Crippen LogP contribution in [0.2, 0.25) is 0 Å². The summed E-state index contributed by atoms with van der Waals surface area (Å²) in [6, 6.07) is 32.6. The molecule has 1 heterocycles. The molecule has 0 aliphatic heterocycles. The number of H-pyrrole nitrogens is 1. The van der Waals surface area contributed by atoms with Crippen LogP contribution in [0.3, 0.4) is 0 Å². The van der Waals surface area contributed by atoms with Crippen molar-refractivity contribution in [2.75, 3.05) is 0 Å². The van der Waals surface area contributed by atoms with Gasteiger partial charge in [0, 0.05) is 39.9 Å². The molecule has 0 amide bonds. The topological polar surface area (TPSA) is 88.9 Å². The lowest BCUT2D eigenvalue weighted by Crippen LogP contribution is -2.01. The molecular weight excluding hydrogens is 426 g/mol. The predicted molar refractivity (Wildman–Crippen MR) is 131 cm³/mol. The maximum absolute atomic E-state index is 13.0. The van der Waals surface area contributed by atoms with Crippen LogP contribution in [0.25, 0.3) is 33.9 Å². The first-order valence-electron chi connectivity index (χ1n) is 10.7. The van der Waals surface area contributed by atoms with Crippen molar-refractivity contribution in [2.45, 2.75) is 0 Å². The summed E-state index contributed by atoms with van der Waals surface area (Å²) in [6.45, 7) is 0. The number of ketones is 1. The minimum Gasteiger partial charge on any atom is -0.337 e. The highest BCUT2D eigenvalue weighted by molar-refractivity contribution is 6.09. The average molecular weight is 445 g/mol. The maximum Gasteiger partial charge on any atom is 0.269 e. The number of benzene rings is 4. The number of carbonyl (C=O) groups is 1. The molecule has 0 saturated heterocycles. The highest BCUT2D eigenvalue weighted by Gasteiger charge is 2.18. The van der Waals surface area contributed by atoms with Crippen LogP contribution >= 0.6 is 0 Å². The number of nitro groups is 1. The van der Waals surface area contributed by atoms with Gasteiger partial charge in [-0.15, -0.1) is 0 Å². The third kappa shape index (κ3) is 4.12. The number of rotatable bonds is 6. The van der Waals surface area contributed by atoms with Crippen molar-refractivity contribution in [3.63, 3.8) is 0 Å². The molecule has 0 unspecified atom stereocenters. The van der Waals surface area contributed by atoms with E-state index in [1.807, 2.05) is 66.7 Å². The summed E-state index contributed by atoms with van der Waals surface area (Å²) in [5, 5.41) is 11.0. The second-order valence-electron chi connectivity index (χ2n) is 7.75. The molecule has 5 aromatic rings. The Balaban J connectivity index is 1.61. The van der Waals surface area contributed by atoms with E-state index >= 15 is 0 Å². The van der Waals surface area contributed by atoms with Crippen molar-refractivity contribution < 1.29 is 9.72 Å². The van der Waals surface area contributed by atoms with Gasteiger partial charge in [0.1, 0.15) is 5.82 Å². The van der Waals surface area contributed by atoms with Crippen molar-refractivity contribution >= 4 is 11.5 Å². The van der Waals surface area contributed by atoms with Gasteiger partial charge in [0.15, 0.2) is 5.78 Å². The molecule has 0 fully saturated rings. The van der Waals surface area contributed by atoms with E-state index in [1.54, 1.807) is 30.3 Å². The lowest BCUT2D eigenvalue weighted by Gasteiger charge is -2.06. The predicted octanol–water partition coefficient (Wildman–Crippen LogP) is 6.55. The highest BCUT2D eigenvalue weighted by atomic mass is 16.6. The Labute approximate surface area is 195 Å². The molecule has 1 N–H and O–H groups in total. The van der Waals surface area contributed by atoms with E-state index < -0.39 is 4.92 Å². The van der Waals surface area contributed by atoms with E-state index in [0.29, 0.717) is 22.6 Å². The Kier molecular flexibility index (Phi) is 5.54. The molecule has 6 nitrogen and oxygen atoms in total. The fraction of sp³-hybridized carbons (Fsp3) is 0. The van der Waals surface area contributed by atoms with E-state index in [4.69, 9.17) is 4.98 Å². The Morgan fingerprint density at radius 3 is 2.00 bits per heavy atom. The van der Waals surface area contributed by atoms with Crippen molar-refractivity contribution in [3.05, 3.63) is 130 Å². The molecule has 1 aromatic heterocycles. The van der Waals surface area contributed by atoms with Crippen LogP contribution in [0.1, 0.15) is 15.9 Å². The lowest BCUT2D eigenvalue weighted by molar-refractivity contribution is -0.384. The number of aromatic nitrogens is 2. The Morgan fingerprint density at radius 2 is 1.32 bits per heavy atom. The van der Waals surface area contributed by atoms with Gasteiger partial charge in [0.25, 0.3) is 5.69 Å². The van der Waals surface area contributed by atoms with Gasteiger partial charge < -0.3 is 4.98 Å². The second-order valence-corrected chi connectivity index (χ2v) is 7.75. The van der Waals surface area contributed by atoms with E-state index in [2.05, 4.69) is 4.98 Å². The van der Waals surface area contributed by atoms with Gasteiger partial charge in [-0.25, -0.2) is 4.98 Å². The first kappa shape index (κ1) is 21.0. The van der Waals surface area contributed by atoms with E-state index in [1.165, 1.54) is 12.1 Å². The van der Waals surface area contributed by atoms with Gasteiger partial charge in [-0.05, 0) is 18.2 Å². The number of hydrogen-bond donors (Lipinski definition) is 1. The average Bonchev–Trinajstić information content (AvgIpc) is 3.35. The zero-order valence-electron chi connectivity index (χ0n) is 18.0. The summed E-state index contributed by atoms with van der Waals surface area (Å²) in [5.74, 6) is 0.526. The normalized spacial score (nSPS) is 10.7. The van der Waals surface area contributed by atoms with Crippen LogP contribution in [-0.4, -0.2) is 20.7 Å². The summed E-state index contributed by atoms with van der Waals surface area (Å²) >= 11 is 0. The molecule has 0 saturated carbocycles. The molecule has 164 valence electrons. The number of non-ortho nitro benzene ring substituents is 1. The Morgan fingerprint density at radius 1 is 0.706 bits per heavy atom. The minimum atomic E-state index is -0.429. The third-order valence-electron chi connectivity index (χ3n) is 5.55. The monoisotopic (exact) mass is 445 g/mol. The molecule has 34 heavy (non-hydrogen) atoms.